The van der Waals surface area contributed by atoms with Crippen molar-refractivity contribution < 1.29 is 9.90 Å². The number of rotatable bonds is 3. The first-order chi connectivity index (χ1) is 5.59. The van der Waals surface area contributed by atoms with Crippen LogP contribution < -0.4 is 5.73 Å². The summed E-state index contributed by atoms with van der Waals surface area (Å²) in [5.74, 6) is -0.334. The topological polar surface area (TPSA) is 76.2 Å². The summed E-state index contributed by atoms with van der Waals surface area (Å²) in [5, 5.41) is 8.50. The number of nitrogens with two attached hydrogens (primary N) is 1. The Morgan fingerprint density at radius 1 is 1.92 bits per heavy atom. The third-order valence-electron chi connectivity index (χ3n) is 1.51. The van der Waals surface area contributed by atoms with Crippen molar-refractivity contribution in [2.45, 2.75) is 19.3 Å². The second-order valence-electron chi connectivity index (χ2n) is 2.65. The lowest BCUT2D eigenvalue weighted by Gasteiger charge is -2.02. The largest absolute Gasteiger partial charge is 0.481 e. The number of hydrogen-bond acceptors (Lipinski definition) is 4. The molecule has 0 amide bonds. The number of aliphatic carboxylic acids is 1. The number of carbonyl (C=O) groups is 1. The second kappa shape index (κ2) is 3.53. The molecule has 0 spiro atoms. The summed E-state index contributed by atoms with van der Waals surface area (Å²) in [6, 6.07) is 1.72. The average Bonchev–Trinajstić information content (AvgIpc) is 2.34. The molecule has 12 heavy (non-hydrogen) atoms. The van der Waals surface area contributed by atoms with Crippen LogP contribution in [0.15, 0.2) is 6.07 Å². The minimum Gasteiger partial charge on any atom is -0.481 e. The van der Waals surface area contributed by atoms with Crippen LogP contribution in [0.1, 0.15) is 24.1 Å². The minimum absolute atomic E-state index is 0.00250. The van der Waals surface area contributed by atoms with Crippen molar-refractivity contribution in [2.24, 2.45) is 0 Å². The van der Waals surface area contributed by atoms with E-state index in [-0.39, 0.29) is 12.3 Å². The molecule has 5 heteroatoms. The molecule has 1 aromatic heterocycles. The molecular weight excluding hydrogens is 176 g/mol. The van der Waals surface area contributed by atoms with Gasteiger partial charge in [0.1, 0.15) is 5.82 Å². The number of hydrogen-bond donors (Lipinski definition) is 2. The predicted molar refractivity (Wildman–Crippen MR) is 47.2 cm³/mol. The lowest BCUT2D eigenvalue weighted by molar-refractivity contribution is -0.137. The van der Waals surface area contributed by atoms with Crippen LogP contribution in [0.3, 0.4) is 0 Å². The highest BCUT2D eigenvalue weighted by atomic mass is 32.1. The van der Waals surface area contributed by atoms with Crippen LogP contribution >= 0.6 is 11.5 Å². The van der Waals surface area contributed by atoms with E-state index in [2.05, 4.69) is 4.37 Å². The summed E-state index contributed by atoms with van der Waals surface area (Å²) < 4.78 is 3.87. The maximum Gasteiger partial charge on any atom is 0.303 e. The van der Waals surface area contributed by atoms with Gasteiger partial charge in [-0.1, -0.05) is 6.92 Å². The molecule has 0 aromatic carbocycles. The summed E-state index contributed by atoms with van der Waals surface area (Å²) in [4.78, 5) is 11.3. The van der Waals surface area contributed by atoms with Gasteiger partial charge in [-0.05, 0) is 17.6 Å². The van der Waals surface area contributed by atoms with Crippen molar-refractivity contribution >= 4 is 23.3 Å². The molecule has 66 valence electrons. The minimum atomic E-state index is -0.797. The zero-order valence-electron chi connectivity index (χ0n) is 6.65. The van der Waals surface area contributed by atoms with E-state index in [1.165, 1.54) is 11.5 Å². The molecule has 0 unspecified atom stereocenters. The van der Waals surface area contributed by atoms with Gasteiger partial charge in [0.05, 0.1) is 6.42 Å². The highest BCUT2D eigenvalue weighted by Crippen LogP contribution is 2.24. The van der Waals surface area contributed by atoms with Crippen LogP contribution in [0.25, 0.3) is 0 Å². The van der Waals surface area contributed by atoms with Crippen molar-refractivity contribution in [1.82, 2.24) is 4.37 Å². The molecule has 0 saturated heterocycles. The highest BCUT2D eigenvalue weighted by Gasteiger charge is 2.12. The SMILES string of the molecule is C[C@@H](CC(=O)O)c1cc(N)ns1. The van der Waals surface area contributed by atoms with Crippen molar-refractivity contribution in [3.63, 3.8) is 0 Å². The van der Waals surface area contributed by atoms with Crippen LogP contribution in [0, 0.1) is 0 Å². The molecule has 0 saturated carbocycles. The summed E-state index contributed by atoms with van der Waals surface area (Å²) >= 11 is 1.26. The van der Waals surface area contributed by atoms with E-state index < -0.39 is 5.97 Å². The Morgan fingerprint density at radius 2 is 2.58 bits per heavy atom. The molecule has 0 aliphatic rings. The molecule has 1 heterocycles. The van der Waals surface area contributed by atoms with Crippen molar-refractivity contribution in [3.8, 4) is 0 Å². The molecular formula is C7H10N2O2S. The number of carboxylic acids is 1. The summed E-state index contributed by atoms with van der Waals surface area (Å²) in [7, 11) is 0. The van der Waals surface area contributed by atoms with Crippen LogP contribution in [0.2, 0.25) is 0 Å². The Bertz CT molecular complexity index is 285. The second-order valence-corrected chi connectivity index (χ2v) is 3.49. The first-order valence-electron chi connectivity index (χ1n) is 3.53. The third kappa shape index (κ3) is 2.20. The van der Waals surface area contributed by atoms with Gasteiger partial charge in [-0.3, -0.25) is 4.79 Å². The average molecular weight is 186 g/mol. The van der Waals surface area contributed by atoms with Crippen LogP contribution in [-0.4, -0.2) is 15.4 Å². The fourth-order valence-electron chi connectivity index (χ4n) is 0.899. The maximum absolute atomic E-state index is 10.3. The quantitative estimate of drug-likeness (QED) is 0.746. The van der Waals surface area contributed by atoms with E-state index in [1.54, 1.807) is 6.07 Å². The van der Waals surface area contributed by atoms with Gasteiger partial charge in [0, 0.05) is 10.8 Å². The van der Waals surface area contributed by atoms with Gasteiger partial charge in [-0.25, -0.2) is 0 Å². The van der Waals surface area contributed by atoms with Crippen LogP contribution in [0.4, 0.5) is 5.82 Å². The highest BCUT2D eigenvalue weighted by molar-refractivity contribution is 7.06. The molecule has 1 rings (SSSR count). The van der Waals surface area contributed by atoms with Gasteiger partial charge in [0.2, 0.25) is 0 Å². The molecule has 3 N–H and O–H groups in total. The number of nitrogens with zero attached hydrogens (tertiary/aromatic N) is 1. The van der Waals surface area contributed by atoms with Gasteiger partial charge >= 0.3 is 5.97 Å². The summed E-state index contributed by atoms with van der Waals surface area (Å²) in [6.45, 7) is 1.85. The van der Waals surface area contributed by atoms with E-state index in [9.17, 15) is 4.79 Å². The van der Waals surface area contributed by atoms with Gasteiger partial charge in [0.15, 0.2) is 0 Å². The molecule has 1 aromatic rings. The first kappa shape index (κ1) is 8.99. The first-order valence-corrected chi connectivity index (χ1v) is 4.31. The monoisotopic (exact) mass is 186 g/mol. The van der Waals surface area contributed by atoms with Crippen molar-refractivity contribution in [1.29, 1.82) is 0 Å². The van der Waals surface area contributed by atoms with E-state index in [0.717, 1.165) is 4.88 Å². The molecule has 0 fully saturated rings. The lowest BCUT2D eigenvalue weighted by Crippen LogP contribution is -2.00. The lowest BCUT2D eigenvalue weighted by atomic mass is 10.1. The zero-order valence-corrected chi connectivity index (χ0v) is 7.47. The number of anilines is 1. The number of aromatic nitrogens is 1. The van der Waals surface area contributed by atoms with E-state index in [4.69, 9.17) is 10.8 Å². The van der Waals surface area contributed by atoms with Crippen molar-refractivity contribution in [3.05, 3.63) is 10.9 Å². The summed E-state index contributed by atoms with van der Waals surface area (Å²) in [6.07, 6.45) is 0.127. The van der Waals surface area contributed by atoms with E-state index in [1.807, 2.05) is 6.92 Å². The molecule has 0 bridgehead atoms. The molecule has 0 radical (unpaired) electrons. The Kier molecular flexibility index (Phi) is 2.65. The predicted octanol–water partition coefficient (Wildman–Crippen LogP) is 1.30. The number of nitrogen functional groups attached to an aromatic ring is 1. The van der Waals surface area contributed by atoms with E-state index >= 15 is 0 Å². The van der Waals surface area contributed by atoms with Crippen LogP contribution in [-0.2, 0) is 4.79 Å². The zero-order chi connectivity index (χ0) is 9.14. The smallest absolute Gasteiger partial charge is 0.303 e. The Hall–Kier alpha value is -1.10. The molecule has 0 aliphatic carbocycles. The van der Waals surface area contributed by atoms with Gasteiger partial charge < -0.3 is 10.8 Å². The van der Waals surface area contributed by atoms with Gasteiger partial charge in [0.25, 0.3) is 0 Å². The van der Waals surface area contributed by atoms with Gasteiger partial charge in [-0.2, -0.15) is 4.37 Å². The summed E-state index contributed by atoms with van der Waals surface area (Å²) in [5.41, 5.74) is 5.40. The Labute approximate surface area is 74.2 Å². The van der Waals surface area contributed by atoms with Crippen LogP contribution in [0.5, 0.6) is 0 Å². The Morgan fingerprint density at radius 3 is 3.00 bits per heavy atom. The van der Waals surface area contributed by atoms with Crippen molar-refractivity contribution in [2.75, 3.05) is 5.73 Å². The number of carboxylic acid groups (broad SMARTS) is 1. The Balaban J connectivity index is 2.64. The third-order valence-corrected chi connectivity index (χ3v) is 2.55. The van der Waals surface area contributed by atoms with Gasteiger partial charge in [-0.15, -0.1) is 0 Å². The molecule has 0 aliphatic heterocycles. The molecule has 1 atom stereocenters. The maximum atomic E-state index is 10.3. The standard InChI is InChI=1S/C7H10N2O2S/c1-4(2-7(10)11)5-3-6(8)9-12-5/h3-4H,2H2,1H3,(H2,8,9)(H,10,11)/t4-/m0/s1. The fraction of sp³-hybridized carbons (Fsp3) is 0.429. The van der Waals surface area contributed by atoms with E-state index in [0.29, 0.717) is 5.82 Å². The normalized spacial score (nSPS) is 12.8. The molecule has 4 nitrogen and oxygen atoms in total. The fourth-order valence-corrected chi connectivity index (χ4v) is 1.60.